The number of hydrogen-bond acceptors (Lipinski definition) is 3. The minimum Gasteiger partial charge on any atom is -0.316 e. The second-order valence-electron chi connectivity index (χ2n) is 4.84. The summed E-state index contributed by atoms with van der Waals surface area (Å²) in [6.45, 7) is 4.10. The maximum Gasteiger partial charge on any atom is 0.203 e. The van der Waals surface area contributed by atoms with E-state index in [0.717, 1.165) is 5.69 Å². The number of rotatable bonds is 2. The molecule has 1 saturated heterocycles. The molecule has 0 bridgehead atoms. The van der Waals surface area contributed by atoms with E-state index in [1.807, 2.05) is 4.57 Å². The molecule has 4 nitrogen and oxygen atoms in total. The highest BCUT2D eigenvalue weighted by Crippen LogP contribution is 2.32. The largest absolute Gasteiger partial charge is 0.316 e. The van der Waals surface area contributed by atoms with Crippen LogP contribution in [-0.4, -0.2) is 29.5 Å². The summed E-state index contributed by atoms with van der Waals surface area (Å²) in [5, 5.41) is 0.489. The zero-order valence-electron chi connectivity index (χ0n) is 10.1. The van der Waals surface area contributed by atoms with Crippen LogP contribution in [0.2, 0.25) is 5.28 Å². The maximum atomic E-state index is 11.4. The number of hydrogen-bond donors (Lipinski definition) is 0. The van der Waals surface area contributed by atoms with E-state index < -0.39 is 9.84 Å². The minimum atomic E-state index is -2.81. The Morgan fingerprint density at radius 1 is 1.41 bits per heavy atom. The van der Waals surface area contributed by atoms with E-state index in [-0.39, 0.29) is 23.5 Å². The molecule has 96 valence electrons. The lowest BCUT2D eigenvalue weighted by Gasteiger charge is -2.24. The third-order valence-electron chi connectivity index (χ3n) is 3.27. The molecule has 0 saturated carbocycles. The zero-order chi connectivity index (χ0) is 12.6. The molecule has 0 N–H and O–H groups in total. The van der Waals surface area contributed by atoms with Crippen LogP contribution in [0.4, 0.5) is 0 Å². The van der Waals surface area contributed by atoms with E-state index in [4.69, 9.17) is 11.6 Å². The maximum absolute atomic E-state index is 11.4. The highest BCUT2D eigenvalue weighted by Gasteiger charge is 2.28. The molecule has 0 atom stereocenters. The van der Waals surface area contributed by atoms with E-state index in [1.54, 1.807) is 6.20 Å². The van der Waals surface area contributed by atoms with Crippen LogP contribution in [-0.2, 0) is 9.84 Å². The van der Waals surface area contributed by atoms with Crippen LogP contribution in [0.5, 0.6) is 0 Å². The van der Waals surface area contributed by atoms with Crippen LogP contribution in [0.25, 0.3) is 0 Å². The third-order valence-corrected chi connectivity index (χ3v) is 5.26. The molecule has 0 unspecified atom stereocenters. The summed E-state index contributed by atoms with van der Waals surface area (Å²) in [6.07, 6.45) is 3.14. The third kappa shape index (κ3) is 2.65. The molecular formula is C11H17ClN2O2S. The van der Waals surface area contributed by atoms with E-state index in [1.165, 1.54) is 0 Å². The van der Waals surface area contributed by atoms with Crippen molar-refractivity contribution in [3.8, 4) is 0 Å². The molecule has 0 amide bonds. The molecule has 0 aliphatic carbocycles. The van der Waals surface area contributed by atoms with Gasteiger partial charge in [0.2, 0.25) is 5.28 Å². The molecule has 2 rings (SSSR count). The van der Waals surface area contributed by atoms with Gasteiger partial charge in [0.05, 0.1) is 17.7 Å². The number of nitrogens with zero attached hydrogens (tertiary/aromatic N) is 2. The highest BCUT2D eigenvalue weighted by atomic mass is 35.5. The van der Waals surface area contributed by atoms with Crippen molar-refractivity contribution >= 4 is 21.4 Å². The van der Waals surface area contributed by atoms with Crippen LogP contribution in [0.1, 0.15) is 44.3 Å². The Morgan fingerprint density at radius 2 is 2.00 bits per heavy atom. The summed E-state index contributed by atoms with van der Waals surface area (Å²) in [7, 11) is -2.81. The van der Waals surface area contributed by atoms with E-state index >= 15 is 0 Å². The Labute approximate surface area is 107 Å². The fraction of sp³-hybridized carbons (Fsp3) is 0.727. The van der Waals surface area contributed by atoms with Crippen molar-refractivity contribution < 1.29 is 8.42 Å². The summed E-state index contributed by atoms with van der Waals surface area (Å²) >= 11 is 6.05. The zero-order valence-corrected chi connectivity index (χ0v) is 11.6. The molecule has 1 fully saturated rings. The fourth-order valence-corrected chi connectivity index (χ4v) is 4.18. The molecule has 0 spiro atoms. The summed E-state index contributed by atoms with van der Waals surface area (Å²) < 4.78 is 24.8. The Kier molecular flexibility index (Phi) is 3.50. The first-order chi connectivity index (χ1) is 7.91. The lowest BCUT2D eigenvalue weighted by molar-refractivity contribution is 0.501. The van der Waals surface area contributed by atoms with Gasteiger partial charge < -0.3 is 4.57 Å². The topological polar surface area (TPSA) is 52.0 Å². The smallest absolute Gasteiger partial charge is 0.203 e. The van der Waals surface area contributed by atoms with Crippen molar-refractivity contribution in [3.63, 3.8) is 0 Å². The van der Waals surface area contributed by atoms with Crippen molar-refractivity contribution in [1.29, 1.82) is 0 Å². The molecule has 1 aliphatic rings. The number of halogens is 1. The second kappa shape index (κ2) is 4.61. The molecule has 1 aromatic rings. The van der Waals surface area contributed by atoms with Crippen LogP contribution in [0.3, 0.4) is 0 Å². The van der Waals surface area contributed by atoms with E-state index in [9.17, 15) is 8.42 Å². The number of imidazole rings is 1. The highest BCUT2D eigenvalue weighted by molar-refractivity contribution is 7.91. The van der Waals surface area contributed by atoms with Gasteiger partial charge in [-0.1, -0.05) is 0 Å². The van der Waals surface area contributed by atoms with Crippen molar-refractivity contribution in [2.45, 2.75) is 38.6 Å². The van der Waals surface area contributed by atoms with Gasteiger partial charge in [0.15, 0.2) is 0 Å². The average Bonchev–Trinajstić information content (AvgIpc) is 2.60. The quantitative estimate of drug-likeness (QED) is 0.833. The molecule has 2 heterocycles. The van der Waals surface area contributed by atoms with Crippen LogP contribution in [0, 0.1) is 0 Å². The SMILES string of the molecule is CC(C)n1c(C2CCS(=O)(=O)CC2)cnc1Cl. The van der Waals surface area contributed by atoms with Gasteiger partial charge in [0.1, 0.15) is 9.84 Å². The van der Waals surface area contributed by atoms with E-state index in [0.29, 0.717) is 18.1 Å². The molecule has 0 radical (unpaired) electrons. The van der Waals surface area contributed by atoms with Crippen LogP contribution in [0.15, 0.2) is 6.20 Å². The second-order valence-corrected chi connectivity index (χ2v) is 7.48. The molecular weight excluding hydrogens is 260 g/mol. The first kappa shape index (κ1) is 12.9. The molecule has 1 aliphatic heterocycles. The Balaban J connectivity index is 2.24. The van der Waals surface area contributed by atoms with Gasteiger partial charge in [-0.25, -0.2) is 13.4 Å². The summed E-state index contributed by atoms with van der Waals surface area (Å²) in [5.74, 6) is 0.817. The van der Waals surface area contributed by atoms with Crippen molar-refractivity contribution in [2.24, 2.45) is 0 Å². The first-order valence-electron chi connectivity index (χ1n) is 5.84. The number of sulfone groups is 1. The van der Waals surface area contributed by atoms with Crippen LogP contribution < -0.4 is 0 Å². The summed E-state index contributed by atoms with van der Waals surface area (Å²) in [6, 6.07) is 0.249. The van der Waals surface area contributed by atoms with E-state index in [2.05, 4.69) is 18.8 Å². The predicted molar refractivity (Wildman–Crippen MR) is 68.3 cm³/mol. The van der Waals surface area contributed by atoms with Gasteiger partial charge in [0, 0.05) is 17.7 Å². The van der Waals surface area contributed by atoms with Crippen molar-refractivity contribution in [3.05, 3.63) is 17.2 Å². The molecule has 6 heteroatoms. The lowest BCUT2D eigenvalue weighted by atomic mass is 9.99. The Bertz CT molecular complexity index is 494. The van der Waals surface area contributed by atoms with Gasteiger partial charge in [-0.2, -0.15) is 0 Å². The van der Waals surface area contributed by atoms with Gasteiger partial charge in [-0.15, -0.1) is 0 Å². The molecule has 17 heavy (non-hydrogen) atoms. The van der Waals surface area contributed by atoms with Crippen LogP contribution >= 0.6 is 11.6 Å². The van der Waals surface area contributed by atoms with Gasteiger partial charge in [-0.05, 0) is 38.3 Å². The van der Waals surface area contributed by atoms with Gasteiger partial charge >= 0.3 is 0 Å². The molecule has 0 aromatic carbocycles. The normalized spacial score (nSPS) is 20.9. The van der Waals surface area contributed by atoms with Crippen molar-refractivity contribution in [1.82, 2.24) is 9.55 Å². The monoisotopic (exact) mass is 276 g/mol. The minimum absolute atomic E-state index is 0.249. The predicted octanol–water partition coefficient (Wildman–Crippen LogP) is 2.41. The van der Waals surface area contributed by atoms with Gasteiger partial charge in [0.25, 0.3) is 0 Å². The Morgan fingerprint density at radius 3 is 2.53 bits per heavy atom. The van der Waals surface area contributed by atoms with Crippen molar-refractivity contribution in [2.75, 3.05) is 11.5 Å². The fourth-order valence-electron chi connectivity index (χ4n) is 2.35. The summed E-state index contributed by atoms with van der Waals surface area (Å²) in [5.41, 5.74) is 1.07. The average molecular weight is 277 g/mol. The molecule has 1 aromatic heterocycles. The van der Waals surface area contributed by atoms with Gasteiger partial charge in [-0.3, -0.25) is 0 Å². The lowest BCUT2D eigenvalue weighted by Crippen LogP contribution is -2.24. The Hall–Kier alpha value is -0.550. The first-order valence-corrected chi connectivity index (χ1v) is 8.03. The summed E-state index contributed by atoms with van der Waals surface area (Å²) in [4.78, 5) is 4.13. The standard InChI is InChI=1S/C11H17ClN2O2S/c1-8(2)14-10(7-13-11(14)12)9-3-5-17(15,16)6-4-9/h7-9H,3-6H2,1-2H3. The number of aromatic nitrogens is 2.